The van der Waals surface area contributed by atoms with Crippen LogP contribution in [-0.2, 0) is 0 Å². The lowest BCUT2D eigenvalue weighted by Crippen LogP contribution is -2.28. The van der Waals surface area contributed by atoms with Crippen molar-refractivity contribution < 1.29 is 0 Å². The Morgan fingerprint density at radius 3 is 2.88 bits per heavy atom. The first-order chi connectivity index (χ1) is 8.22. The summed E-state index contributed by atoms with van der Waals surface area (Å²) in [5.74, 6) is 1.27. The molecule has 1 saturated carbocycles. The molecule has 1 heterocycles. The van der Waals surface area contributed by atoms with Gasteiger partial charge >= 0.3 is 0 Å². The lowest BCUT2D eigenvalue weighted by molar-refractivity contribution is 0.375. The van der Waals surface area contributed by atoms with Crippen LogP contribution in [0.25, 0.3) is 0 Å². The van der Waals surface area contributed by atoms with E-state index < -0.39 is 0 Å². The second kappa shape index (κ2) is 5.69. The standard InChI is InChI=1S/C13H20ClN3/c1-2-16-12(9-5-3-4-6-9)11-7-10(14)8-17-13(11)15/h7-9,12,16H,2-6H2,1H3,(H2,15,17). The topological polar surface area (TPSA) is 50.9 Å². The predicted molar refractivity (Wildman–Crippen MR) is 72.0 cm³/mol. The molecule has 2 rings (SSSR count). The number of nitrogens with two attached hydrogens (primary N) is 1. The molecule has 0 bridgehead atoms. The molecule has 1 aromatic rings. The van der Waals surface area contributed by atoms with Gasteiger partial charge in [0.25, 0.3) is 0 Å². The molecule has 0 amide bonds. The van der Waals surface area contributed by atoms with Gasteiger partial charge in [0, 0.05) is 17.8 Å². The van der Waals surface area contributed by atoms with Gasteiger partial charge in [-0.1, -0.05) is 31.4 Å². The zero-order valence-corrected chi connectivity index (χ0v) is 11.0. The molecule has 3 N–H and O–H groups in total. The lowest BCUT2D eigenvalue weighted by atomic mass is 9.92. The van der Waals surface area contributed by atoms with Crippen LogP contribution in [0.15, 0.2) is 12.3 Å². The van der Waals surface area contributed by atoms with Crippen LogP contribution in [0.1, 0.15) is 44.2 Å². The van der Waals surface area contributed by atoms with Gasteiger partial charge in [0.15, 0.2) is 0 Å². The zero-order valence-electron chi connectivity index (χ0n) is 10.2. The summed E-state index contributed by atoms with van der Waals surface area (Å²) in [4.78, 5) is 4.16. The average molecular weight is 254 g/mol. The summed E-state index contributed by atoms with van der Waals surface area (Å²) in [5, 5.41) is 4.19. The Morgan fingerprint density at radius 1 is 1.53 bits per heavy atom. The Balaban J connectivity index is 2.27. The van der Waals surface area contributed by atoms with E-state index >= 15 is 0 Å². The highest BCUT2D eigenvalue weighted by atomic mass is 35.5. The van der Waals surface area contributed by atoms with Crippen molar-refractivity contribution in [3.8, 4) is 0 Å². The molecule has 0 aromatic carbocycles. The zero-order chi connectivity index (χ0) is 12.3. The van der Waals surface area contributed by atoms with E-state index in [1.165, 1.54) is 25.7 Å². The Hall–Kier alpha value is -0.800. The highest BCUT2D eigenvalue weighted by Crippen LogP contribution is 2.37. The highest BCUT2D eigenvalue weighted by Gasteiger charge is 2.27. The molecule has 4 heteroatoms. The van der Waals surface area contributed by atoms with Crippen molar-refractivity contribution in [2.75, 3.05) is 12.3 Å². The fraction of sp³-hybridized carbons (Fsp3) is 0.615. The van der Waals surface area contributed by atoms with Gasteiger partial charge in [-0.25, -0.2) is 4.98 Å². The van der Waals surface area contributed by atoms with E-state index in [1.807, 2.05) is 6.07 Å². The Labute approximate surface area is 108 Å². The normalized spacial score (nSPS) is 18.5. The molecule has 1 aliphatic carbocycles. The molecule has 94 valence electrons. The maximum absolute atomic E-state index is 6.02. The molecule has 1 atom stereocenters. The fourth-order valence-corrected chi connectivity index (χ4v) is 2.92. The third-order valence-electron chi connectivity index (χ3n) is 3.55. The van der Waals surface area contributed by atoms with Gasteiger partial charge < -0.3 is 11.1 Å². The van der Waals surface area contributed by atoms with E-state index in [-0.39, 0.29) is 0 Å². The first-order valence-electron chi connectivity index (χ1n) is 6.36. The number of rotatable bonds is 4. The highest BCUT2D eigenvalue weighted by molar-refractivity contribution is 6.30. The van der Waals surface area contributed by atoms with Crippen molar-refractivity contribution in [1.82, 2.24) is 10.3 Å². The minimum absolute atomic E-state index is 0.300. The van der Waals surface area contributed by atoms with Crippen molar-refractivity contribution in [2.24, 2.45) is 5.92 Å². The number of hydrogen-bond acceptors (Lipinski definition) is 3. The quantitative estimate of drug-likeness (QED) is 0.867. The number of nitrogens with one attached hydrogen (secondary N) is 1. The van der Waals surface area contributed by atoms with Crippen LogP contribution in [0, 0.1) is 5.92 Å². The summed E-state index contributed by atoms with van der Waals surface area (Å²) in [6.07, 6.45) is 6.78. The summed E-state index contributed by atoms with van der Waals surface area (Å²) in [6.45, 7) is 3.06. The smallest absolute Gasteiger partial charge is 0.128 e. The molecular formula is C13H20ClN3. The Kier molecular flexibility index (Phi) is 4.24. The van der Waals surface area contributed by atoms with Gasteiger partial charge in [0.2, 0.25) is 0 Å². The van der Waals surface area contributed by atoms with Gasteiger partial charge in [-0.3, -0.25) is 0 Å². The minimum atomic E-state index is 0.300. The second-order valence-corrected chi connectivity index (χ2v) is 5.14. The first kappa shape index (κ1) is 12.7. The van der Waals surface area contributed by atoms with E-state index in [0.29, 0.717) is 22.8 Å². The lowest BCUT2D eigenvalue weighted by Gasteiger charge is -2.25. The molecule has 3 nitrogen and oxygen atoms in total. The first-order valence-corrected chi connectivity index (χ1v) is 6.74. The van der Waals surface area contributed by atoms with Gasteiger partial charge in [0.1, 0.15) is 5.82 Å². The fourth-order valence-electron chi connectivity index (χ4n) is 2.76. The Bertz CT molecular complexity index is 375. The number of hydrogen-bond donors (Lipinski definition) is 2. The molecule has 0 spiro atoms. The van der Waals surface area contributed by atoms with Crippen molar-refractivity contribution in [3.63, 3.8) is 0 Å². The molecule has 0 aliphatic heterocycles. The van der Waals surface area contributed by atoms with Crippen LogP contribution >= 0.6 is 11.6 Å². The molecule has 1 aliphatic rings. The summed E-state index contributed by atoms with van der Waals surface area (Å²) < 4.78 is 0. The summed E-state index contributed by atoms with van der Waals surface area (Å²) in [7, 11) is 0. The monoisotopic (exact) mass is 253 g/mol. The molecule has 0 radical (unpaired) electrons. The maximum atomic E-state index is 6.02. The number of aromatic nitrogens is 1. The predicted octanol–water partition coefficient (Wildman–Crippen LogP) is 3.16. The van der Waals surface area contributed by atoms with Crippen LogP contribution in [0.5, 0.6) is 0 Å². The van der Waals surface area contributed by atoms with E-state index in [2.05, 4.69) is 17.2 Å². The number of nitrogens with zero attached hydrogens (tertiary/aromatic N) is 1. The van der Waals surface area contributed by atoms with Crippen molar-refractivity contribution in [1.29, 1.82) is 0 Å². The van der Waals surface area contributed by atoms with Crippen LogP contribution in [-0.4, -0.2) is 11.5 Å². The van der Waals surface area contributed by atoms with Gasteiger partial charge in [0.05, 0.1) is 5.02 Å². The summed E-state index contributed by atoms with van der Waals surface area (Å²) in [5.41, 5.74) is 7.04. The number of pyridine rings is 1. The second-order valence-electron chi connectivity index (χ2n) is 4.71. The van der Waals surface area contributed by atoms with E-state index in [0.717, 1.165) is 12.1 Å². The van der Waals surface area contributed by atoms with Crippen LogP contribution in [0.4, 0.5) is 5.82 Å². The summed E-state index contributed by atoms with van der Waals surface area (Å²) in [6, 6.07) is 2.25. The third kappa shape index (κ3) is 2.90. The third-order valence-corrected chi connectivity index (χ3v) is 3.75. The van der Waals surface area contributed by atoms with Gasteiger partial charge in [-0.15, -0.1) is 0 Å². The van der Waals surface area contributed by atoms with Crippen LogP contribution < -0.4 is 11.1 Å². The van der Waals surface area contributed by atoms with Crippen molar-refractivity contribution in [3.05, 3.63) is 22.8 Å². The summed E-state index contributed by atoms with van der Waals surface area (Å²) >= 11 is 6.02. The Morgan fingerprint density at radius 2 is 2.24 bits per heavy atom. The number of halogens is 1. The van der Waals surface area contributed by atoms with Gasteiger partial charge in [-0.05, 0) is 31.4 Å². The maximum Gasteiger partial charge on any atom is 0.128 e. The SMILES string of the molecule is CCNC(c1cc(Cl)cnc1N)C1CCCC1. The molecule has 1 aromatic heterocycles. The van der Waals surface area contributed by atoms with E-state index in [9.17, 15) is 0 Å². The van der Waals surface area contributed by atoms with Gasteiger partial charge in [-0.2, -0.15) is 0 Å². The van der Waals surface area contributed by atoms with Crippen LogP contribution in [0.3, 0.4) is 0 Å². The largest absolute Gasteiger partial charge is 0.383 e. The molecule has 1 unspecified atom stereocenters. The average Bonchev–Trinajstić information content (AvgIpc) is 2.83. The van der Waals surface area contributed by atoms with E-state index in [1.54, 1.807) is 6.20 Å². The van der Waals surface area contributed by atoms with Crippen molar-refractivity contribution >= 4 is 17.4 Å². The molecule has 17 heavy (non-hydrogen) atoms. The van der Waals surface area contributed by atoms with E-state index in [4.69, 9.17) is 17.3 Å². The molecule has 1 fully saturated rings. The number of anilines is 1. The minimum Gasteiger partial charge on any atom is -0.383 e. The van der Waals surface area contributed by atoms with Crippen LogP contribution in [0.2, 0.25) is 5.02 Å². The number of nitrogen functional groups attached to an aromatic ring is 1. The van der Waals surface area contributed by atoms with Crippen molar-refractivity contribution in [2.45, 2.75) is 38.6 Å². The molecule has 0 saturated heterocycles. The molecular weight excluding hydrogens is 234 g/mol.